The quantitative estimate of drug-likeness (QED) is 0.0877. The zero-order valence-corrected chi connectivity index (χ0v) is 19.5. The molecule has 0 saturated heterocycles. The minimum Gasteiger partial charge on any atom is -0.744 e. The number of hydrogen-bond acceptors (Lipinski definition) is 10. The monoisotopic (exact) mass is 413 g/mol. The molecule has 13 heteroatoms. The molecule has 0 aliphatic heterocycles. The van der Waals surface area contributed by atoms with Crippen LogP contribution in [0.4, 0.5) is 17.1 Å². The van der Waals surface area contributed by atoms with Gasteiger partial charge in [-0.25, -0.2) is 8.42 Å². The van der Waals surface area contributed by atoms with Crippen molar-refractivity contribution in [3.63, 3.8) is 0 Å². The van der Waals surface area contributed by atoms with Crippen LogP contribution in [-0.2, 0) is 19.5 Å². The third kappa shape index (κ3) is 7.84. The molecular formula is C13H9N3Na2O6S2. The van der Waals surface area contributed by atoms with Crippen LogP contribution in [0, 0.1) is 0 Å². The Morgan fingerprint density at radius 1 is 1.00 bits per heavy atom. The summed E-state index contributed by atoms with van der Waals surface area (Å²) in [5.74, 6) is 0. The maximum atomic E-state index is 10.8. The zero-order chi connectivity index (χ0) is 17.6. The SMILES string of the molecule is C=Nc1ccc(N=Nc2ccc(S(=O)(=O)[O-])cc2)cc1SOO[O-].[Na+].[Na+]. The summed E-state index contributed by atoms with van der Waals surface area (Å²) < 4.78 is 36.8. The van der Waals surface area contributed by atoms with Gasteiger partial charge < -0.3 is 9.81 Å². The Balaban J connectivity index is 0.00000312. The van der Waals surface area contributed by atoms with Crippen molar-refractivity contribution in [1.82, 2.24) is 0 Å². The van der Waals surface area contributed by atoms with Gasteiger partial charge in [0.1, 0.15) is 10.1 Å². The number of rotatable bonds is 7. The Bertz CT molecular complexity index is 863. The van der Waals surface area contributed by atoms with Crippen molar-refractivity contribution < 1.29 is 86.7 Å². The van der Waals surface area contributed by atoms with E-state index in [9.17, 15) is 18.2 Å². The average Bonchev–Trinajstić information content (AvgIpc) is 2.57. The summed E-state index contributed by atoms with van der Waals surface area (Å²) in [5, 5.41) is 21.1. The number of azo groups is 1. The first kappa shape index (κ1) is 25.9. The van der Waals surface area contributed by atoms with Crippen molar-refractivity contribution >= 4 is 45.9 Å². The smallest absolute Gasteiger partial charge is 0.744 e. The van der Waals surface area contributed by atoms with Gasteiger partial charge >= 0.3 is 59.1 Å². The molecule has 0 N–H and O–H groups in total. The maximum Gasteiger partial charge on any atom is 1.00 e. The predicted octanol–water partition coefficient (Wildman–Crippen LogP) is -3.42. The van der Waals surface area contributed by atoms with Crippen molar-refractivity contribution in [3.8, 4) is 0 Å². The molecule has 2 rings (SSSR count). The van der Waals surface area contributed by atoms with Gasteiger partial charge in [-0.3, -0.25) is 10.0 Å². The minimum absolute atomic E-state index is 0. The van der Waals surface area contributed by atoms with E-state index in [1.807, 2.05) is 0 Å². The Morgan fingerprint density at radius 2 is 1.58 bits per heavy atom. The van der Waals surface area contributed by atoms with Crippen molar-refractivity contribution in [1.29, 1.82) is 0 Å². The van der Waals surface area contributed by atoms with Gasteiger partial charge in [0.25, 0.3) is 0 Å². The van der Waals surface area contributed by atoms with E-state index in [-0.39, 0.29) is 64.0 Å². The van der Waals surface area contributed by atoms with E-state index in [0.29, 0.717) is 34.0 Å². The molecule has 9 nitrogen and oxygen atoms in total. The fraction of sp³-hybridized carbons (Fsp3) is 0. The summed E-state index contributed by atoms with van der Waals surface area (Å²) in [7, 11) is -4.50. The average molecular weight is 413 g/mol. The predicted molar refractivity (Wildman–Crippen MR) is 82.3 cm³/mol. The van der Waals surface area contributed by atoms with Crippen LogP contribution in [0.1, 0.15) is 0 Å². The first-order chi connectivity index (χ1) is 11.4. The summed E-state index contributed by atoms with van der Waals surface area (Å²) in [4.78, 5) is 3.83. The van der Waals surface area contributed by atoms with Crippen LogP contribution in [0.3, 0.4) is 0 Å². The molecule has 0 bridgehead atoms. The Kier molecular flexibility index (Phi) is 12.3. The summed E-state index contributed by atoms with van der Waals surface area (Å²) in [5.41, 5.74) is 1.22. The minimum atomic E-state index is -4.50. The molecule has 26 heavy (non-hydrogen) atoms. The molecule has 0 heterocycles. The van der Waals surface area contributed by atoms with Gasteiger partial charge in [0.05, 0.1) is 38.9 Å². The molecule has 0 atom stereocenters. The summed E-state index contributed by atoms with van der Waals surface area (Å²) in [6, 6.07) is 9.70. The van der Waals surface area contributed by atoms with Crippen LogP contribution in [0.5, 0.6) is 0 Å². The van der Waals surface area contributed by atoms with E-state index in [2.05, 4.69) is 31.3 Å². The number of nitrogens with zero attached hydrogens (tertiary/aromatic N) is 3. The van der Waals surface area contributed by atoms with E-state index in [0.717, 1.165) is 12.1 Å². The molecular weight excluding hydrogens is 404 g/mol. The molecule has 0 aliphatic rings. The Morgan fingerprint density at radius 3 is 2.12 bits per heavy atom. The fourth-order valence-electron chi connectivity index (χ4n) is 1.61. The van der Waals surface area contributed by atoms with Gasteiger partial charge in [-0.15, -0.1) is 0 Å². The molecule has 0 unspecified atom stereocenters. The van der Waals surface area contributed by atoms with Gasteiger partial charge in [-0.2, -0.15) is 14.6 Å². The molecule has 0 radical (unpaired) electrons. The van der Waals surface area contributed by atoms with Gasteiger partial charge in [0, 0.05) is 0 Å². The van der Waals surface area contributed by atoms with Crippen molar-refractivity contribution in [2.45, 2.75) is 9.79 Å². The molecule has 0 aromatic heterocycles. The molecule has 0 aliphatic carbocycles. The first-order valence-electron chi connectivity index (χ1n) is 6.15. The van der Waals surface area contributed by atoms with Crippen LogP contribution in [0.15, 0.2) is 67.5 Å². The van der Waals surface area contributed by atoms with Gasteiger partial charge in [0.15, 0.2) is 0 Å². The summed E-state index contributed by atoms with van der Waals surface area (Å²) >= 11 is 0.641. The van der Waals surface area contributed by atoms with Crippen molar-refractivity contribution in [2.75, 3.05) is 0 Å². The standard InChI is InChI=1S/C13H11N3O6S2.2Na/c1-14-12-7-4-10(8-13(12)23-22-21-17)16-15-9-2-5-11(6-3-9)24(18,19)20;;/h2-8,17H,1H2,(H,18,19,20);;/q;2*+1/p-2. The second-order valence-corrected chi connectivity index (χ2v) is 6.30. The van der Waals surface area contributed by atoms with Crippen LogP contribution in [-0.4, -0.2) is 19.7 Å². The second kappa shape index (κ2) is 12.3. The van der Waals surface area contributed by atoms with Crippen LogP contribution in [0.25, 0.3) is 0 Å². The molecule has 0 spiro atoms. The van der Waals surface area contributed by atoms with Crippen LogP contribution < -0.4 is 64.4 Å². The van der Waals surface area contributed by atoms with Crippen molar-refractivity contribution in [3.05, 3.63) is 42.5 Å². The normalized spacial score (nSPS) is 10.8. The van der Waals surface area contributed by atoms with E-state index < -0.39 is 10.1 Å². The number of aliphatic imine (C=N–C) groups is 1. The van der Waals surface area contributed by atoms with Gasteiger partial charge in [0.2, 0.25) is 0 Å². The van der Waals surface area contributed by atoms with Crippen LogP contribution >= 0.6 is 12.0 Å². The van der Waals surface area contributed by atoms with E-state index in [1.54, 1.807) is 12.1 Å². The number of benzene rings is 2. The molecule has 0 saturated carbocycles. The van der Waals surface area contributed by atoms with Gasteiger partial charge in [-0.1, -0.05) is 0 Å². The molecule has 2 aromatic rings. The molecule has 0 fully saturated rings. The number of hydrogen-bond donors (Lipinski definition) is 0. The fourth-order valence-corrected chi connectivity index (χ4v) is 2.57. The third-order valence-electron chi connectivity index (χ3n) is 2.67. The first-order valence-corrected chi connectivity index (χ1v) is 8.30. The van der Waals surface area contributed by atoms with Crippen molar-refractivity contribution in [2.24, 2.45) is 15.2 Å². The molecule has 0 amide bonds. The van der Waals surface area contributed by atoms with E-state index in [4.69, 9.17) is 0 Å². The van der Waals surface area contributed by atoms with Crippen LogP contribution in [0.2, 0.25) is 0 Å². The second-order valence-electron chi connectivity index (χ2n) is 4.18. The maximum absolute atomic E-state index is 10.8. The van der Waals surface area contributed by atoms with E-state index in [1.165, 1.54) is 18.2 Å². The zero-order valence-electron chi connectivity index (χ0n) is 13.9. The summed E-state index contributed by atoms with van der Waals surface area (Å²) in [6.45, 7) is 3.38. The third-order valence-corrected chi connectivity index (χ3v) is 4.15. The topological polar surface area (TPSA) is 136 Å². The molecule has 126 valence electrons. The Hall–Kier alpha value is -0.150. The summed E-state index contributed by atoms with van der Waals surface area (Å²) in [6.07, 6.45) is 0. The Labute approximate surface area is 198 Å². The van der Waals surface area contributed by atoms with Gasteiger partial charge in [-0.05, 0) is 49.2 Å². The largest absolute Gasteiger partial charge is 1.00 e. The molecule has 2 aromatic carbocycles. The van der Waals surface area contributed by atoms with E-state index >= 15 is 0 Å².